The van der Waals surface area contributed by atoms with Crippen molar-refractivity contribution in [1.29, 1.82) is 0 Å². The highest BCUT2D eigenvalue weighted by molar-refractivity contribution is 6.01. The molecular weight excluding hydrogens is 264 g/mol. The molecular formula is C13H20N2O5. The molecule has 1 atom stereocenters. The van der Waals surface area contributed by atoms with Crippen molar-refractivity contribution < 1.29 is 24.4 Å². The zero-order valence-electron chi connectivity index (χ0n) is 12.2. The minimum absolute atomic E-state index is 0.0673. The maximum atomic E-state index is 12.2. The van der Waals surface area contributed by atoms with Gasteiger partial charge in [-0.3, -0.25) is 9.59 Å². The molecule has 20 heavy (non-hydrogen) atoms. The van der Waals surface area contributed by atoms with Crippen LogP contribution in [0.15, 0.2) is 0 Å². The molecule has 0 saturated carbocycles. The molecule has 2 heterocycles. The zero-order valence-corrected chi connectivity index (χ0v) is 12.2. The molecule has 0 radical (unpaired) electrons. The van der Waals surface area contributed by atoms with Gasteiger partial charge in [-0.2, -0.15) is 5.06 Å². The van der Waals surface area contributed by atoms with Crippen molar-refractivity contribution in [3.05, 3.63) is 0 Å². The number of carbonyl (C=O) groups excluding carboxylic acids is 3. The lowest BCUT2D eigenvalue weighted by Crippen LogP contribution is -2.49. The smallest absolute Gasteiger partial charge is 0.330 e. The van der Waals surface area contributed by atoms with Crippen LogP contribution in [0.5, 0.6) is 0 Å². The summed E-state index contributed by atoms with van der Waals surface area (Å²) in [5.41, 5.74) is -1.40. The number of rotatable bonds is 2. The Morgan fingerprint density at radius 3 is 2.10 bits per heavy atom. The Hall–Kier alpha value is -1.47. The molecule has 112 valence electrons. The van der Waals surface area contributed by atoms with Crippen LogP contribution in [0.1, 0.15) is 47.0 Å². The number of imide groups is 1. The molecule has 0 aromatic carbocycles. The summed E-state index contributed by atoms with van der Waals surface area (Å²) in [5.74, 6) is -2.29. The van der Waals surface area contributed by atoms with Gasteiger partial charge in [0.2, 0.25) is 0 Å². The van der Waals surface area contributed by atoms with E-state index in [1.165, 1.54) is 0 Å². The molecule has 2 rings (SSSR count). The predicted molar refractivity (Wildman–Crippen MR) is 67.1 cm³/mol. The third-order valence-corrected chi connectivity index (χ3v) is 4.15. The van der Waals surface area contributed by atoms with Crippen LogP contribution in [0.4, 0.5) is 0 Å². The van der Waals surface area contributed by atoms with E-state index in [0.29, 0.717) is 11.5 Å². The number of nitrogens with zero attached hydrogens (tertiary/aromatic N) is 2. The highest BCUT2D eigenvalue weighted by Crippen LogP contribution is 2.44. The first kappa shape index (κ1) is 14.9. The third-order valence-electron chi connectivity index (χ3n) is 4.15. The van der Waals surface area contributed by atoms with Gasteiger partial charge < -0.3 is 10.0 Å². The minimum atomic E-state index is -0.827. The van der Waals surface area contributed by atoms with Gasteiger partial charge >= 0.3 is 5.97 Å². The molecule has 0 aromatic heterocycles. The SMILES string of the molecule is CC1(C)C[C@H](C(=O)ON2C(=O)CCC2=O)C(C)(C)N1O. The topological polar surface area (TPSA) is 87.2 Å². The average Bonchev–Trinajstić information content (AvgIpc) is 2.73. The van der Waals surface area contributed by atoms with Crippen LogP contribution in [-0.4, -0.2) is 44.2 Å². The second kappa shape index (κ2) is 4.53. The summed E-state index contributed by atoms with van der Waals surface area (Å²) >= 11 is 0. The van der Waals surface area contributed by atoms with Gasteiger partial charge in [0.25, 0.3) is 11.8 Å². The van der Waals surface area contributed by atoms with Gasteiger partial charge in [0, 0.05) is 18.4 Å². The molecule has 0 bridgehead atoms. The molecule has 0 aliphatic carbocycles. The van der Waals surface area contributed by atoms with E-state index in [1.54, 1.807) is 13.8 Å². The van der Waals surface area contributed by atoms with E-state index < -0.39 is 34.8 Å². The first-order valence-electron chi connectivity index (χ1n) is 6.64. The van der Waals surface area contributed by atoms with Gasteiger partial charge in [-0.1, -0.05) is 0 Å². The zero-order chi connectivity index (χ0) is 15.3. The molecule has 2 fully saturated rings. The quantitative estimate of drug-likeness (QED) is 0.757. The van der Waals surface area contributed by atoms with E-state index in [4.69, 9.17) is 4.84 Å². The van der Waals surface area contributed by atoms with Gasteiger partial charge in [0.15, 0.2) is 0 Å². The number of carbonyl (C=O) groups is 3. The van der Waals surface area contributed by atoms with E-state index in [-0.39, 0.29) is 12.8 Å². The molecule has 1 N–H and O–H groups in total. The van der Waals surface area contributed by atoms with Crippen LogP contribution in [0.3, 0.4) is 0 Å². The number of hydrogen-bond acceptors (Lipinski definition) is 6. The van der Waals surface area contributed by atoms with E-state index in [0.717, 1.165) is 5.06 Å². The fraction of sp³-hybridized carbons (Fsp3) is 0.769. The number of amides is 2. The highest BCUT2D eigenvalue weighted by atomic mass is 16.7. The van der Waals surface area contributed by atoms with Crippen molar-refractivity contribution in [2.24, 2.45) is 5.92 Å². The minimum Gasteiger partial charge on any atom is -0.330 e. The molecule has 2 saturated heterocycles. The van der Waals surface area contributed by atoms with Crippen LogP contribution in [0.2, 0.25) is 0 Å². The van der Waals surface area contributed by atoms with Crippen LogP contribution < -0.4 is 0 Å². The van der Waals surface area contributed by atoms with Gasteiger partial charge in [0.1, 0.15) is 0 Å². The van der Waals surface area contributed by atoms with Crippen LogP contribution in [-0.2, 0) is 19.2 Å². The Bertz CT molecular complexity index is 455. The molecule has 7 nitrogen and oxygen atoms in total. The molecule has 0 unspecified atom stereocenters. The Kier molecular flexibility index (Phi) is 3.38. The highest BCUT2D eigenvalue weighted by Gasteiger charge is 2.55. The number of hydrogen-bond donors (Lipinski definition) is 1. The molecule has 0 spiro atoms. The summed E-state index contributed by atoms with van der Waals surface area (Å²) in [6, 6.07) is 0. The second-order valence-electron chi connectivity index (χ2n) is 6.53. The summed E-state index contributed by atoms with van der Waals surface area (Å²) in [4.78, 5) is 40.1. The maximum Gasteiger partial charge on any atom is 0.338 e. The van der Waals surface area contributed by atoms with Crippen molar-refractivity contribution >= 4 is 17.8 Å². The second-order valence-corrected chi connectivity index (χ2v) is 6.53. The van der Waals surface area contributed by atoms with Crippen molar-refractivity contribution in [3.63, 3.8) is 0 Å². The maximum absolute atomic E-state index is 12.2. The van der Waals surface area contributed by atoms with Gasteiger partial charge in [-0.15, -0.1) is 5.06 Å². The Morgan fingerprint density at radius 2 is 1.70 bits per heavy atom. The number of hydroxylamine groups is 4. The fourth-order valence-corrected chi connectivity index (χ4v) is 2.95. The molecule has 0 aromatic rings. The molecule has 2 aliphatic heterocycles. The van der Waals surface area contributed by atoms with Gasteiger partial charge in [0.05, 0.1) is 11.5 Å². The molecule has 2 amide bonds. The van der Waals surface area contributed by atoms with E-state index in [9.17, 15) is 19.6 Å². The standard InChI is InChI=1S/C13H20N2O5/c1-12(2)7-8(13(3,4)15(12)19)11(18)20-14-9(16)5-6-10(14)17/h8,19H,5-7H2,1-4H3/t8-/m1/s1. The predicted octanol–water partition coefficient (Wildman–Crippen LogP) is 0.862. The van der Waals surface area contributed by atoms with Crippen molar-refractivity contribution in [1.82, 2.24) is 10.1 Å². The summed E-state index contributed by atoms with van der Waals surface area (Å²) in [7, 11) is 0. The van der Waals surface area contributed by atoms with Crippen molar-refractivity contribution in [2.45, 2.75) is 58.0 Å². The Morgan fingerprint density at radius 1 is 1.20 bits per heavy atom. The summed E-state index contributed by atoms with van der Waals surface area (Å²) in [5, 5.41) is 11.8. The third kappa shape index (κ3) is 2.20. The van der Waals surface area contributed by atoms with Crippen LogP contribution in [0.25, 0.3) is 0 Å². The lowest BCUT2D eigenvalue weighted by atomic mass is 9.87. The first-order valence-corrected chi connectivity index (χ1v) is 6.64. The Labute approximate surface area is 117 Å². The monoisotopic (exact) mass is 284 g/mol. The van der Waals surface area contributed by atoms with Crippen molar-refractivity contribution in [2.75, 3.05) is 0 Å². The lowest BCUT2D eigenvalue weighted by Gasteiger charge is -2.35. The van der Waals surface area contributed by atoms with E-state index >= 15 is 0 Å². The van der Waals surface area contributed by atoms with E-state index in [2.05, 4.69) is 0 Å². The van der Waals surface area contributed by atoms with E-state index in [1.807, 2.05) is 13.8 Å². The fourth-order valence-electron chi connectivity index (χ4n) is 2.95. The normalized spacial score (nSPS) is 29.1. The van der Waals surface area contributed by atoms with Gasteiger partial charge in [-0.25, -0.2) is 4.79 Å². The first-order chi connectivity index (χ1) is 9.07. The van der Waals surface area contributed by atoms with Gasteiger partial charge in [-0.05, 0) is 34.1 Å². The molecule has 2 aliphatic rings. The Balaban J connectivity index is 2.14. The van der Waals surface area contributed by atoms with Crippen molar-refractivity contribution in [3.8, 4) is 0 Å². The van der Waals surface area contributed by atoms with Crippen LogP contribution >= 0.6 is 0 Å². The molecule has 7 heteroatoms. The summed E-state index contributed by atoms with van der Waals surface area (Å²) < 4.78 is 0. The summed E-state index contributed by atoms with van der Waals surface area (Å²) in [6.45, 7) is 7.07. The van der Waals surface area contributed by atoms with Crippen LogP contribution in [0, 0.1) is 5.92 Å². The summed E-state index contributed by atoms with van der Waals surface area (Å²) in [6.07, 6.45) is 0.515. The largest absolute Gasteiger partial charge is 0.338 e. The lowest BCUT2D eigenvalue weighted by molar-refractivity contribution is -0.213. The average molecular weight is 284 g/mol.